The lowest BCUT2D eigenvalue weighted by atomic mass is 9.87. The molecule has 0 amide bonds. The van der Waals surface area contributed by atoms with Gasteiger partial charge in [0.15, 0.2) is 0 Å². The minimum absolute atomic E-state index is 0.542. The fourth-order valence-corrected chi connectivity index (χ4v) is 3.29. The van der Waals surface area contributed by atoms with Gasteiger partial charge in [0.25, 0.3) is 0 Å². The first-order valence-electron chi connectivity index (χ1n) is 6.77. The van der Waals surface area contributed by atoms with Crippen LogP contribution in [-0.4, -0.2) is 43.3 Å². The second-order valence-electron chi connectivity index (χ2n) is 5.52. The summed E-state index contributed by atoms with van der Waals surface area (Å²) < 4.78 is 5.51. The molecule has 16 heavy (non-hydrogen) atoms. The van der Waals surface area contributed by atoms with Crippen LogP contribution in [0.1, 0.15) is 33.1 Å². The molecule has 0 bridgehead atoms. The van der Waals surface area contributed by atoms with Crippen LogP contribution in [0.4, 0.5) is 0 Å². The lowest BCUT2D eigenvalue weighted by Crippen LogP contribution is -2.54. The number of nitrogens with zero attached hydrogens (tertiary/aromatic N) is 1. The highest BCUT2D eigenvalue weighted by molar-refractivity contribution is 4.89. The Kier molecular flexibility index (Phi) is 4.22. The van der Waals surface area contributed by atoms with Crippen molar-refractivity contribution < 1.29 is 4.74 Å². The fourth-order valence-electron chi connectivity index (χ4n) is 3.29. The number of hydrogen-bond acceptors (Lipinski definition) is 3. The molecule has 2 fully saturated rings. The van der Waals surface area contributed by atoms with E-state index in [1.807, 2.05) is 0 Å². The molecule has 0 aliphatic carbocycles. The molecule has 2 N–H and O–H groups in total. The lowest BCUT2D eigenvalue weighted by molar-refractivity contribution is 0.0397. The van der Waals surface area contributed by atoms with E-state index in [0.717, 1.165) is 25.7 Å². The summed E-state index contributed by atoms with van der Waals surface area (Å²) in [6.45, 7) is 8.59. The third kappa shape index (κ3) is 2.41. The van der Waals surface area contributed by atoms with E-state index in [9.17, 15) is 0 Å². The van der Waals surface area contributed by atoms with Crippen molar-refractivity contribution in [1.29, 1.82) is 0 Å². The maximum absolute atomic E-state index is 5.99. The third-order valence-electron chi connectivity index (χ3n) is 4.60. The Morgan fingerprint density at radius 1 is 1.38 bits per heavy atom. The van der Waals surface area contributed by atoms with Crippen molar-refractivity contribution in [2.75, 3.05) is 26.3 Å². The molecular weight excluding hydrogens is 200 g/mol. The number of rotatable bonds is 3. The van der Waals surface area contributed by atoms with Gasteiger partial charge in [-0.1, -0.05) is 6.92 Å². The van der Waals surface area contributed by atoms with Gasteiger partial charge >= 0.3 is 0 Å². The van der Waals surface area contributed by atoms with Crippen LogP contribution >= 0.6 is 0 Å². The molecule has 0 aromatic heterocycles. The zero-order valence-corrected chi connectivity index (χ0v) is 10.7. The van der Waals surface area contributed by atoms with Crippen molar-refractivity contribution in [3.8, 4) is 0 Å². The zero-order chi connectivity index (χ0) is 11.5. The molecule has 0 saturated carbocycles. The molecule has 94 valence electrons. The van der Waals surface area contributed by atoms with E-state index in [1.54, 1.807) is 0 Å². The Bertz CT molecular complexity index is 214. The number of ether oxygens (including phenoxy) is 1. The van der Waals surface area contributed by atoms with Gasteiger partial charge in [-0.3, -0.25) is 4.90 Å². The van der Waals surface area contributed by atoms with Crippen LogP contribution in [0.15, 0.2) is 0 Å². The summed E-state index contributed by atoms with van der Waals surface area (Å²) in [5.41, 5.74) is 5.99. The lowest BCUT2D eigenvalue weighted by Gasteiger charge is -2.44. The smallest absolute Gasteiger partial charge is 0.0510 e. The van der Waals surface area contributed by atoms with Crippen LogP contribution in [0.5, 0.6) is 0 Å². The molecule has 4 unspecified atom stereocenters. The van der Waals surface area contributed by atoms with Crippen molar-refractivity contribution in [2.24, 2.45) is 17.6 Å². The highest BCUT2D eigenvalue weighted by Gasteiger charge is 2.35. The topological polar surface area (TPSA) is 38.5 Å². The normalized spacial score (nSPS) is 38.8. The van der Waals surface area contributed by atoms with E-state index in [1.165, 1.54) is 25.8 Å². The number of hydrogen-bond donors (Lipinski definition) is 1. The van der Waals surface area contributed by atoms with Gasteiger partial charge in [0.1, 0.15) is 0 Å². The average Bonchev–Trinajstić information content (AvgIpc) is 2.79. The molecule has 0 aromatic rings. The SMILES string of the molecule is CC1CCCN(C(CN)C2CCOC2)C1C. The second kappa shape index (κ2) is 5.48. The van der Waals surface area contributed by atoms with E-state index >= 15 is 0 Å². The molecule has 0 spiro atoms. The van der Waals surface area contributed by atoms with Crippen molar-refractivity contribution in [2.45, 2.75) is 45.2 Å². The summed E-state index contributed by atoms with van der Waals surface area (Å²) in [4.78, 5) is 2.65. The molecule has 2 aliphatic heterocycles. The standard InChI is InChI=1S/C13H26N2O/c1-10-4-3-6-15(11(10)2)13(8-14)12-5-7-16-9-12/h10-13H,3-9,14H2,1-2H3. The predicted octanol–water partition coefficient (Wildman–Crippen LogP) is 1.47. The summed E-state index contributed by atoms with van der Waals surface area (Å²) in [6.07, 6.45) is 3.89. The van der Waals surface area contributed by atoms with Gasteiger partial charge in [0.2, 0.25) is 0 Å². The van der Waals surface area contributed by atoms with E-state index in [2.05, 4.69) is 18.7 Å². The van der Waals surface area contributed by atoms with Crippen LogP contribution in [-0.2, 0) is 4.74 Å². The molecule has 3 heteroatoms. The first kappa shape index (κ1) is 12.3. The van der Waals surface area contributed by atoms with E-state index < -0.39 is 0 Å². The number of nitrogens with two attached hydrogens (primary N) is 1. The number of likely N-dealkylation sites (tertiary alicyclic amines) is 1. The van der Waals surface area contributed by atoms with Gasteiger partial charge < -0.3 is 10.5 Å². The van der Waals surface area contributed by atoms with Gasteiger partial charge in [0, 0.05) is 31.2 Å². The van der Waals surface area contributed by atoms with Gasteiger partial charge in [-0.25, -0.2) is 0 Å². The van der Waals surface area contributed by atoms with Gasteiger partial charge in [-0.05, 0) is 38.6 Å². The van der Waals surface area contributed by atoms with Crippen molar-refractivity contribution in [1.82, 2.24) is 4.90 Å². The molecule has 4 atom stereocenters. The van der Waals surface area contributed by atoms with Crippen LogP contribution in [0, 0.1) is 11.8 Å². The Morgan fingerprint density at radius 3 is 2.81 bits per heavy atom. The van der Waals surface area contributed by atoms with Crippen LogP contribution in [0.3, 0.4) is 0 Å². The van der Waals surface area contributed by atoms with Gasteiger partial charge in [-0.15, -0.1) is 0 Å². The zero-order valence-electron chi connectivity index (χ0n) is 10.7. The summed E-state index contributed by atoms with van der Waals surface area (Å²) in [7, 11) is 0. The highest BCUT2D eigenvalue weighted by atomic mass is 16.5. The molecule has 0 radical (unpaired) electrons. The van der Waals surface area contributed by atoms with Crippen LogP contribution in [0.2, 0.25) is 0 Å². The molecule has 3 nitrogen and oxygen atoms in total. The molecule has 0 aromatic carbocycles. The molecule has 2 rings (SSSR count). The Hall–Kier alpha value is -0.120. The monoisotopic (exact) mass is 226 g/mol. The summed E-state index contributed by atoms with van der Waals surface area (Å²) in [5.74, 6) is 1.47. The van der Waals surface area contributed by atoms with Crippen LogP contribution < -0.4 is 5.73 Å². The van der Waals surface area contributed by atoms with E-state index in [-0.39, 0.29) is 0 Å². The van der Waals surface area contributed by atoms with Crippen molar-refractivity contribution in [3.05, 3.63) is 0 Å². The first-order chi connectivity index (χ1) is 7.74. The van der Waals surface area contributed by atoms with E-state index in [0.29, 0.717) is 18.0 Å². The summed E-state index contributed by atoms with van der Waals surface area (Å²) >= 11 is 0. The first-order valence-corrected chi connectivity index (χ1v) is 6.77. The minimum atomic E-state index is 0.542. The fraction of sp³-hybridized carbons (Fsp3) is 1.00. The average molecular weight is 226 g/mol. The minimum Gasteiger partial charge on any atom is -0.381 e. The van der Waals surface area contributed by atoms with E-state index in [4.69, 9.17) is 10.5 Å². The maximum atomic E-state index is 5.99. The largest absolute Gasteiger partial charge is 0.381 e. The van der Waals surface area contributed by atoms with Gasteiger partial charge in [-0.2, -0.15) is 0 Å². The quantitative estimate of drug-likeness (QED) is 0.792. The van der Waals surface area contributed by atoms with Gasteiger partial charge in [0.05, 0.1) is 6.61 Å². The Morgan fingerprint density at radius 2 is 2.19 bits per heavy atom. The molecular formula is C13H26N2O. The Balaban J connectivity index is 2.01. The third-order valence-corrected chi connectivity index (χ3v) is 4.60. The number of piperidine rings is 1. The van der Waals surface area contributed by atoms with Crippen molar-refractivity contribution in [3.63, 3.8) is 0 Å². The second-order valence-corrected chi connectivity index (χ2v) is 5.52. The van der Waals surface area contributed by atoms with Crippen molar-refractivity contribution >= 4 is 0 Å². The highest BCUT2D eigenvalue weighted by Crippen LogP contribution is 2.29. The molecule has 2 saturated heterocycles. The maximum Gasteiger partial charge on any atom is 0.0510 e. The predicted molar refractivity (Wildman–Crippen MR) is 66.3 cm³/mol. The summed E-state index contributed by atoms with van der Waals surface area (Å²) in [6, 6.07) is 1.23. The van der Waals surface area contributed by atoms with Crippen LogP contribution in [0.25, 0.3) is 0 Å². The Labute approximate surface area is 99.3 Å². The summed E-state index contributed by atoms with van der Waals surface area (Å²) in [5, 5.41) is 0. The molecule has 2 heterocycles. The molecule has 2 aliphatic rings.